The van der Waals surface area contributed by atoms with Gasteiger partial charge in [-0.3, -0.25) is 4.79 Å². The van der Waals surface area contributed by atoms with Crippen molar-refractivity contribution in [1.82, 2.24) is 9.21 Å². The SMILES string of the molecule is Cl.NC1CCN(C(=O)c2sccc2S(=O)(=O)N2CCSCC2)CC1. The van der Waals surface area contributed by atoms with E-state index in [1.807, 2.05) is 0 Å². The lowest BCUT2D eigenvalue weighted by atomic mass is 10.1. The van der Waals surface area contributed by atoms with Crippen molar-refractivity contribution >= 4 is 51.4 Å². The molecule has 0 aromatic carbocycles. The van der Waals surface area contributed by atoms with E-state index >= 15 is 0 Å². The lowest BCUT2D eigenvalue weighted by Gasteiger charge is -2.30. The first-order valence-electron chi connectivity index (χ1n) is 7.70. The number of thioether (sulfide) groups is 1. The molecular weight excluding hydrogens is 390 g/mol. The van der Waals surface area contributed by atoms with Crippen molar-refractivity contribution < 1.29 is 13.2 Å². The summed E-state index contributed by atoms with van der Waals surface area (Å²) < 4.78 is 27.2. The highest BCUT2D eigenvalue weighted by Crippen LogP contribution is 2.28. The second-order valence-electron chi connectivity index (χ2n) is 5.76. The predicted octanol–water partition coefficient (Wildman–Crippen LogP) is 1.47. The highest BCUT2D eigenvalue weighted by molar-refractivity contribution is 7.99. The molecule has 2 saturated heterocycles. The molecule has 2 aliphatic rings. The first-order valence-corrected chi connectivity index (χ1v) is 11.2. The Labute approximate surface area is 157 Å². The van der Waals surface area contributed by atoms with E-state index in [4.69, 9.17) is 5.73 Å². The smallest absolute Gasteiger partial charge is 0.265 e. The Morgan fingerprint density at radius 3 is 2.42 bits per heavy atom. The van der Waals surface area contributed by atoms with Crippen LogP contribution in [-0.4, -0.2) is 67.3 Å². The van der Waals surface area contributed by atoms with Gasteiger partial charge in [-0.15, -0.1) is 23.7 Å². The summed E-state index contributed by atoms with van der Waals surface area (Å²) in [6, 6.07) is 1.70. The topological polar surface area (TPSA) is 83.7 Å². The number of thiophene rings is 1. The number of rotatable bonds is 3. The zero-order chi connectivity index (χ0) is 16.4. The zero-order valence-corrected chi connectivity index (χ0v) is 16.5. The third kappa shape index (κ3) is 4.08. The monoisotopic (exact) mass is 411 g/mol. The molecule has 24 heavy (non-hydrogen) atoms. The van der Waals surface area contributed by atoms with E-state index in [0.717, 1.165) is 24.3 Å². The molecule has 0 radical (unpaired) electrons. The van der Waals surface area contributed by atoms with Gasteiger partial charge in [-0.2, -0.15) is 16.1 Å². The lowest BCUT2D eigenvalue weighted by molar-refractivity contribution is 0.0716. The van der Waals surface area contributed by atoms with Gasteiger partial charge in [-0.1, -0.05) is 0 Å². The van der Waals surface area contributed by atoms with Gasteiger partial charge in [0.2, 0.25) is 10.0 Å². The number of hydrogen-bond donors (Lipinski definition) is 1. The Balaban J connectivity index is 0.00000208. The quantitative estimate of drug-likeness (QED) is 0.814. The van der Waals surface area contributed by atoms with Crippen LogP contribution in [0.25, 0.3) is 0 Å². The third-order valence-corrected chi connectivity index (χ3v) is 8.15. The normalized spacial score (nSPS) is 20.6. The van der Waals surface area contributed by atoms with Crippen LogP contribution < -0.4 is 5.73 Å². The van der Waals surface area contributed by atoms with Crippen molar-refractivity contribution in [3.8, 4) is 0 Å². The van der Waals surface area contributed by atoms with E-state index in [9.17, 15) is 13.2 Å². The number of hydrogen-bond acceptors (Lipinski definition) is 6. The van der Waals surface area contributed by atoms with Crippen LogP contribution in [0.15, 0.2) is 16.3 Å². The molecule has 0 atom stereocenters. The fraction of sp³-hybridized carbons (Fsp3) is 0.643. The van der Waals surface area contributed by atoms with Gasteiger partial charge in [-0.25, -0.2) is 8.42 Å². The molecule has 0 saturated carbocycles. The van der Waals surface area contributed by atoms with E-state index in [1.165, 1.54) is 15.6 Å². The number of carbonyl (C=O) groups excluding carboxylic acids is 1. The van der Waals surface area contributed by atoms with Gasteiger partial charge < -0.3 is 10.6 Å². The minimum atomic E-state index is -3.59. The fourth-order valence-electron chi connectivity index (χ4n) is 2.83. The molecule has 2 N–H and O–H groups in total. The largest absolute Gasteiger partial charge is 0.338 e. The summed E-state index contributed by atoms with van der Waals surface area (Å²) in [5, 5.41) is 1.69. The van der Waals surface area contributed by atoms with Crippen LogP contribution >= 0.6 is 35.5 Å². The number of piperidine rings is 1. The maximum absolute atomic E-state index is 12.8. The maximum atomic E-state index is 12.8. The van der Waals surface area contributed by atoms with Crippen LogP contribution in [0.3, 0.4) is 0 Å². The standard InChI is InChI=1S/C14H21N3O3S3.ClH/c15-11-1-4-16(5-2-11)14(18)13-12(3-8-22-13)23(19,20)17-6-9-21-10-7-17;/h3,8,11H,1-2,4-7,9-10,15H2;1H. The summed E-state index contributed by atoms with van der Waals surface area (Å²) in [4.78, 5) is 14.9. The van der Waals surface area contributed by atoms with Gasteiger partial charge in [0.25, 0.3) is 5.91 Å². The predicted molar refractivity (Wildman–Crippen MR) is 101 cm³/mol. The lowest BCUT2D eigenvalue weighted by Crippen LogP contribution is -2.43. The van der Waals surface area contributed by atoms with Gasteiger partial charge in [-0.05, 0) is 24.3 Å². The number of amides is 1. The van der Waals surface area contributed by atoms with Gasteiger partial charge >= 0.3 is 0 Å². The molecule has 2 fully saturated rings. The van der Waals surface area contributed by atoms with Crippen LogP contribution in [0.2, 0.25) is 0 Å². The number of likely N-dealkylation sites (tertiary alicyclic amines) is 1. The number of halogens is 1. The molecular formula is C14H22ClN3O3S3. The van der Waals surface area contributed by atoms with Crippen LogP contribution in [0.1, 0.15) is 22.5 Å². The molecule has 3 heterocycles. The molecule has 1 amide bonds. The van der Waals surface area contributed by atoms with Gasteiger partial charge in [0, 0.05) is 43.7 Å². The molecule has 0 spiro atoms. The Kier molecular flexibility index (Phi) is 6.98. The first kappa shape index (κ1) is 20.0. The van der Waals surface area contributed by atoms with Crippen molar-refractivity contribution in [1.29, 1.82) is 0 Å². The minimum Gasteiger partial charge on any atom is -0.338 e. The minimum absolute atomic E-state index is 0. The summed E-state index contributed by atoms with van der Waals surface area (Å²) >= 11 is 2.96. The van der Waals surface area contributed by atoms with Crippen molar-refractivity contribution in [3.05, 3.63) is 16.3 Å². The Morgan fingerprint density at radius 1 is 1.17 bits per heavy atom. The zero-order valence-electron chi connectivity index (χ0n) is 13.2. The van der Waals surface area contributed by atoms with Crippen molar-refractivity contribution in [2.75, 3.05) is 37.7 Å². The van der Waals surface area contributed by atoms with E-state index in [1.54, 1.807) is 28.1 Å². The molecule has 6 nitrogen and oxygen atoms in total. The Hall–Kier alpha value is -0.320. The Bertz CT molecular complexity index is 666. The van der Waals surface area contributed by atoms with Crippen LogP contribution in [0.4, 0.5) is 0 Å². The van der Waals surface area contributed by atoms with E-state index in [2.05, 4.69) is 0 Å². The molecule has 0 bridgehead atoms. The van der Waals surface area contributed by atoms with Crippen LogP contribution in [0, 0.1) is 0 Å². The molecule has 3 rings (SSSR count). The molecule has 2 aliphatic heterocycles. The van der Waals surface area contributed by atoms with Crippen molar-refractivity contribution in [2.45, 2.75) is 23.8 Å². The average molecular weight is 412 g/mol. The number of sulfonamides is 1. The highest BCUT2D eigenvalue weighted by atomic mass is 35.5. The summed E-state index contributed by atoms with van der Waals surface area (Å²) in [6.45, 7) is 2.21. The van der Waals surface area contributed by atoms with Gasteiger partial charge in [0.15, 0.2) is 0 Å². The number of carbonyl (C=O) groups is 1. The average Bonchev–Trinajstić information content (AvgIpc) is 3.06. The number of nitrogens with two attached hydrogens (primary N) is 1. The van der Waals surface area contributed by atoms with Crippen molar-refractivity contribution in [2.24, 2.45) is 5.73 Å². The molecule has 0 unspecified atom stereocenters. The second kappa shape index (κ2) is 8.37. The third-order valence-electron chi connectivity index (χ3n) is 4.24. The van der Waals surface area contributed by atoms with Crippen LogP contribution in [-0.2, 0) is 10.0 Å². The van der Waals surface area contributed by atoms with E-state index < -0.39 is 10.0 Å². The van der Waals surface area contributed by atoms with Gasteiger partial charge in [0.1, 0.15) is 9.77 Å². The second-order valence-corrected chi connectivity index (χ2v) is 9.81. The molecule has 1 aromatic rings. The highest BCUT2D eigenvalue weighted by Gasteiger charge is 2.33. The maximum Gasteiger partial charge on any atom is 0.265 e. The fourth-order valence-corrected chi connectivity index (χ4v) is 6.77. The van der Waals surface area contributed by atoms with Crippen molar-refractivity contribution in [3.63, 3.8) is 0 Å². The molecule has 136 valence electrons. The van der Waals surface area contributed by atoms with E-state index in [-0.39, 0.29) is 29.3 Å². The summed E-state index contributed by atoms with van der Waals surface area (Å²) in [6.07, 6.45) is 1.53. The van der Waals surface area contributed by atoms with Gasteiger partial charge in [0.05, 0.1) is 0 Å². The molecule has 0 aliphatic carbocycles. The first-order chi connectivity index (χ1) is 11.0. The summed E-state index contributed by atoms with van der Waals surface area (Å²) in [5.74, 6) is 1.42. The van der Waals surface area contributed by atoms with Crippen LogP contribution in [0.5, 0.6) is 0 Å². The molecule has 1 aromatic heterocycles. The number of nitrogens with zero attached hydrogens (tertiary/aromatic N) is 2. The summed E-state index contributed by atoms with van der Waals surface area (Å²) in [7, 11) is -3.59. The Morgan fingerprint density at radius 2 is 1.79 bits per heavy atom. The van der Waals surface area contributed by atoms with E-state index in [0.29, 0.717) is 31.1 Å². The summed E-state index contributed by atoms with van der Waals surface area (Å²) in [5.41, 5.74) is 5.87. The molecule has 10 heteroatoms.